The van der Waals surface area contributed by atoms with Gasteiger partial charge in [-0.1, -0.05) is 64.0 Å². The Balaban J connectivity index is 1.67. The topological polar surface area (TPSA) is 48.7 Å². The van der Waals surface area contributed by atoms with Crippen molar-refractivity contribution in [1.82, 2.24) is 0 Å². The molecule has 0 saturated heterocycles. The van der Waals surface area contributed by atoms with Gasteiger partial charge in [-0.15, -0.1) is 0 Å². The summed E-state index contributed by atoms with van der Waals surface area (Å²) in [6.45, 7) is 8.65. The molecule has 0 saturated carbocycles. The Kier molecular flexibility index (Phi) is 12.4. The number of esters is 1. The average Bonchev–Trinajstić information content (AvgIpc) is 2.83. The van der Waals surface area contributed by atoms with E-state index in [2.05, 4.69) is 6.92 Å². The molecule has 0 fully saturated rings. The normalized spacial score (nSPS) is 12.2. The molecule has 1 heterocycles. The lowest BCUT2D eigenvalue weighted by Crippen LogP contribution is -2.26. The van der Waals surface area contributed by atoms with E-state index in [0.717, 1.165) is 64.2 Å². The predicted molar refractivity (Wildman–Crippen MR) is 144 cm³/mol. The first-order chi connectivity index (χ1) is 17.5. The Morgan fingerprint density at radius 1 is 0.973 bits per heavy atom. The van der Waals surface area contributed by atoms with E-state index >= 15 is 0 Å². The van der Waals surface area contributed by atoms with Crippen LogP contribution in [0.15, 0.2) is 22.6 Å². The van der Waals surface area contributed by atoms with Crippen LogP contribution in [0, 0.1) is 17.0 Å². The van der Waals surface area contributed by atoms with Gasteiger partial charge in [-0.05, 0) is 63.9 Å². The van der Waals surface area contributed by atoms with Crippen LogP contribution in [0.5, 0.6) is 5.75 Å². The molecule has 1 aromatic heterocycles. The highest BCUT2D eigenvalue weighted by atomic mass is 32.1. The van der Waals surface area contributed by atoms with Gasteiger partial charge in [0, 0.05) is 10.9 Å². The lowest BCUT2D eigenvalue weighted by Gasteiger charge is -2.22. The number of halogens is 3. The smallest absolute Gasteiger partial charge is 0.393 e. The van der Waals surface area contributed by atoms with Crippen molar-refractivity contribution >= 4 is 29.2 Å². The molecule has 0 radical (unpaired) electrons. The van der Waals surface area contributed by atoms with Crippen LogP contribution in [0.2, 0.25) is 0 Å². The number of carbonyl (C=O) groups is 1. The first-order valence-electron chi connectivity index (χ1n) is 13.4. The van der Waals surface area contributed by atoms with Gasteiger partial charge >= 0.3 is 12.1 Å². The molecule has 2 aromatic rings. The number of fused-ring (bicyclic) bond motifs is 1. The van der Waals surface area contributed by atoms with Crippen LogP contribution in [-0.2, 0) is 16.0 Å². The van der Waals surface area contributed by atoms with Gasteiger partial charge in [-0.3, -0.25) is 4.79 Å². The highest BCUT2D eigenvalue weighted by Gasteiger charge is 2.30. The lowest BCUT2D eigenvalue weighted by molar-refractivity contribution is -0.154. The molecule has 208 valence electrons. The Morgan fingerprint density at radius 2 is 1.59 bits per heavy atom. The van der Waals surface area contributed by atoms with Crippen molar-refractivity contribution in [2.24, 2.45) is 5.41 Å². The maximum atomic E-state index is 12.9. The molecule has 4 nitrogen and oxygen atoms in total. The maximum Gasteiger partial charge on any atom is 0.393 e. The van der Waals surface area contributed by atoms with Crippen LogP contribution in [0.3, 0.4) is 0 Å². The monoisotopic (exact) mass is 542 g/mol. The van der Waals surface area contributed by atoms with Crippen molar-refractivity contribution < 1.29 is 31.9 Å². The van der Waals surface area contributed by atoms with E-state index in [1.165, 1.54) is 0 Å². The second-order valence-electron chi connectivity index (χ2n) is 10.4. The van der Waals surface area contributed by atoms with Gasteiger partial charge in [0.1, 0.15) is 0 Å². The van der Waals surface area contributed by atoms with Crippen LogP contribution in [-0.4, -0.2) is 25.4 Å². The van der Waals surface area contributed by atoms with Crippen LogP contribution >= 0.6 is 12.2 Å². The van der Waals surface area contributed by atoms with Gasteiger partial charge in [0.05, 0.1) is 25.0 Å². The van der Waals surface area contributed by atoms with Gasteiger partial charge in [0.25, 0.3) is 0 Å². The molecule has 0 unspecified atom stereocenters. The van der Waals surface area contributed by atoms with E-state index in [4.69, 9.17) is 26.1 Å². The molecular formula is C29H41F3O4S. The Bertz CT molecular complexity index is 1060. The highest BCUT2D eigenvalue weighted by molar-refractivity contribution is 7.71. The molecule has 0 spiro atoms. The fourth-order valence-electron chi connectivity index (χ4n) is 4.26. The third-order valence-corrected chi connectivity index (χ3v) is 6.97. The van der Waals surface area contributed by atoms with Gasteiger partial charge < -0.3 is 13.9 Å². The number of para-hydroxylation sites is 1. The van der Waals surface area contributed by atoms with E-state index in [1.807, 2.05) is 13.8 Å². The number of alkyl halides is 3. The molecule has 0 atom stereocenters. The van der Waals surface area contributed by atoms with Crippen LogP contribution in [0.1, 0.15) is 96.1 Å². The van der Waals surface area contributed by atoms with Crippen molar-refractivity contribution in [1.29, 1.82) is 0 Å². The maximum absolute atomic E-state index is 12.9. The van der Waals surface area contributed by atoms with E-state index < -0.39 is 18.0 Å². The molecule has 37 heavy (non-hydrogen) atoms. The number of unbranched alkanes of at least 4 members (excludes halogenated alkanes) is 7. The molecule has 0 N–H and O–H groups in total. The first-order valence-corrected chi connectivity index (χ1v) is 13.8. The first kappa shape index (κ1) is 31.1. The summed E-state index contributed by atoms with van der Waals surface area (Å²) in [5, 5.41) is 0.584. The lowest BCUT2D eigenvalue weighted by atomic mass is 9.87. The van der Waals surface area contributed by atoms with Crippen molar-refractivity contribution in [3.05, 3.63) is 34.0 Å². The van der Waals surface area contributed by atoms with E-state index in [0.29, 0.717) is 35.5 Å². The minimum Gasteiger partial charge on any atom is -0.490 e. The molecule has 0 aliphatic heterocycles. The fourth-order valence-corrected chi connectivity index (χ4v) is 4.56. The standard InChI is InChI=1S/C29H41F3O4S/c1-5-6-17-28(3,4)27(33)35-19-13-11-9-7-8-10-12-18-34-24-16-14-15-22-21(2)23(20-29(30,31)32)26(37)36-25(22)24/h14-16H,5-13,17-20H2,1-4H3. The minimum absolute atomic E-state index is 0.00104. The van der Waals surface area contributed by atoms with Crippen molar-refractivity contribution in [2.45, 2.75) is 105 Å². The third-order valence-electron chi connectivity index (χ3n) is 6.64. The summed E-state index contributed by atoms with van der Waals surface area (Å²) >= 11 is 5.11. The zero-order valence-electron chi connectivity index (χ0n) is 22.6. The Labute approximate surface area is 223 Å². The van der Waals surface area contributed by atoms with Gasteiger partial charge in [-0.2, -0.15) is 13.2 Å². The average molecular weight is 543 g/mol. The van der Waals surface area contributed by atoms with Crippen molar-refractivity contribution in [3.8, 4) is 5.75 Å². The summed E-state index contributed by atoms with van der Waals surface area (Å²) in [4.78, 5) is 12.2. The number of carbonyl (C=O) groups excluding carboxylic acids is 1. The summed E-state index contributed by atoms with van der Waals surface area (Å²) in [7, 11) is 0. The zero-order chi connectivity index (χ0) is 27.5. The van der Waals surface area contributed by atoms with Gasteiger partial charge in [-0.25, -0.2) is 0 Å². The molecule has 8 heteroatoms. The minimum atomic E-state index is -4.35. The Hall–Kier alpha value is -2.09. The van der Waals surface area contributed by atoms with E-state index in [9.17, 15) is 18.0 Å². The Morgan fingerprint density at radius 3 is 2.22 bits per heavy atom. The number of rotatable bonds is 16. The number of benzene rings is 1. The highest BCUT2D eigenvalue weighted by Crippen LogP contribution is 2.33. The van der Waals surface area contributed by atoms with Crippen molar-refractivity contribution in [2.75, 3.05) is 13.2 Å². The molecule has 0 aliphatic rings. The number of hydrogen-bond donors (Lipinski definition) is 0. The van der Waals surface area contributed by atoms with Crippen molar-refractivity contribution in [3.63, 3.8) is 0 Å². The summed E-state index contributed by atoms with van der Waals surface area (Å²) in [5.41, 5.74) is 0.469. The number of ether oxygens (including phenoxy) is 2. The quantitative estimate of drug-likeness (QED) is 0.120. The van der Waals surface area contributed by atoms with Crippen LogP contribution in [0.4, 0.5) is 13.2 Å². The summed E-state index contributed by atoms with van der Waals surface area (Å²) < 4.78 is 55.6. The summed E-state index contributed by atoms with van der Waals surface area (Å²) in [6, 6.07) is 5.23. The summed E-state index contributed by atoms with van der Waals surface area (Å²) in [6.07, 6.45) is 4.61. The third kappa shape index (κ3) is 10.3. The fraction of sp³-hybridized carbons (Fsp3) is 0.655. The van der Waals surface area contributed by atoms with E-state index in [-0.39, 0.29) is 16.2 Å². The predicted octanol–water partition coefficient (Wildman–Crippen LogP) is 9.44. The van der Waals surface area contributed by atoms with E-state index in [1.54, 1.807) is 25.1 Å². The second kappa shape index (κ2) is 14.7. The SMILES string of the molecule is CCCCC(C)(C)C(=O)OCCCCCCCCCOc1cccc2c(C)c(CC(F)(F)F)c(=S)oc12. The largest absolute Gasteiger partial charge is 0.490 e. The van der Waals surface area contributed by atoms with Crippen LogP contribution in [0.25, 0.3) is 11.0 Å². The number of hydrogen-bond acceptors (Lipinski definition) is 5. The second-order valence-corrected chi connectivity index (χ2v) is 10.7. The number of aryl methyl sites for hydroxylation is 1. The molecule has 0 bridgehead atoms. The molecular weight excluding hydrogens is 501 g/mol. The molecule has 0 aliphatic carbocycles. The molecule has 2 rings (SSSR count). The molecule has 0 amide bonds. The van der Waals surface area contributed by atoms with Gasteiger partial charge in [0.2, 0.25) is 0 Å². The van der Waals surface area contributed by atoms with Gasteiger partial charge in [0.15, 0.2) is 16.0 Å². The van der Waals surface area contributed by atoms with Crippen LogP contribution < -0.4 is 4.74 Å². The molecule has 1 aromatic carbocycles. The zero-order valence-corrected chi connectivity index (χ0v) is 23.4. The summed E-state index contributed by atoms with van der Waals surface area (Å²) in [5.74, 6) is 0.401.